The fourth-order valence-corrected chi connectivity index (χ4v) is 2.27. The van der Waals surface area contributed by atoms with Crippen LogP contribution < -0.4 is 0 Å². The van der Waals surface area contributed by atoms with Crippen LogP contribution in [0.2, 0.25) is 0 Å². The lowest BCUT2D eigenvalue weighted by Crippen LogP contribution is -2.53. The SMILES string of the molecule is CC(C)(C)OC(=O)N1CCCC1(C)C(=O)OCCCCl. The van der Waals surface area contributed by atoms with Gasteiger partial charge in [0.15, 0.2) is 0 Å². The quantitative estimate of drug-likeness (QED) is 0.455. The van der Waals surface area contributed by atoms with Crippen molar-refractivity contribution in [2.24, 2.45) is 0 Å². The Morgan fingerprint density at radius 1 is 1.35 bits per heavy atom. The summed E-state index contributed by atoms with van der Waals surface area (Å²) in [6, 6.07) is 0. The van der Waals surface area contributed by atoms with E-state index in [4.69, 9.17) is 21.1 Å². The molecular formula is C14H24ClNO4. The number of ether oxygens (including phenoxy) is 2. The van der Waals surface area contributed by atoms with Gasteiger partial charge in [-0.2, -0.15) is 0 Å². The Hall–Kier alpha value is -0.970. The Bertz CT molecular complexity index is 367. The van der Waals surface area contributed by atoms with E-state index < -0.39 is 17.2 Å². The molecule has 0 aliphatic carbocycles. The Labute approximate surface area is 125 Å². The maximum absolute atomic E-state index is 12.2. The molecule has 0 saturated carbocycles. The van der Waals surface area contributed by atoms with Crippen LogP contribution in [0, 0.1) is 0 Å². The summed E-state index contributed by atoms with van der Waals surface area (Å²) in [5, 5.41) is 0. The van der Waals surface area contributed by atoms with Gasteiger partial charge in [0.1, 0.15) is 11.1 Å². The highest BCUT2D eigenvalue weighted by molar-refractivity contribution is 6.17. The second-order valence-corrected chi connectivity index (χ2v) is 6.57. The molecule has 0 aromatic rings. The topological polar surface area (TPSA) is 55.8 Å². The van der Waals surface area contributed by atoms with Crippen LogP contribution in [0.1, 0.15) is 47.0 Å². The third kappa shape index (κ3) is 4.27. The van der Waals surface area contributed by atoms with Crippen molar-refractivity contribution in [3.05, 3.63) is 0 Å². The van der Waals surface area contributed by atoms with Crippen molar-refractivity contribution in [2.75, 3.05) is 19.0 Å². The molecule has 6 heteroatoms. The fraction of sp³-hybridized carbons (Fsp3) is 0.857. The lowest BCUT2D eigenvalue weighted by atomic mass is 9.99. The summed E-state index contributed by atoms with van der Waals surface area (Å²) < 4.78 is 10.6. The molecule has 1 saturated heterocycles. The van der Waals surface area contributed by atoms with Gasteiger partial charge in [0.2, 0.25) is 0 Å². The van der Waals surface area contributed by atoms with Gasteiger partial charge < -0.3 is 9.47 Å². The van der Waals surface area contributed by atoms with Crippen molar-refractivity contribution in [2.45, 2.75) is 58.1 Å². The molecule has 0 radical (unpaired) electrons. The number of alkyl halides is 1. The molecule has 1 aliphatic heterocycles. The number of halogens is 1. The van der Waals surface area contributed by atoms with E-state index in [0.717, 1.165) is 6.42 Å². The molecule has 1 aliphatic rings. The Morgan fingerprint density at radius 2 is 2.00 bits per heavy atom. The fourth-order valence-electron chi connectivity index (χ4n) is 2.16. The maximum Gasteiger partial charge on any atom is 0.411 e. The van der Waals surface area contributed by atoms with E-state index in [1.165, 1.54) is 4.90 Å². The molecule has 5 nitrogen and oxygen atoms in total. The van der Waals surface area contributed by atoms with Gasteiger partial charge in [-0.15, -0.1) is 11.6 Å². The third-order valence-electron chi connectivity index (χ3n) is 3.21. The molecule has 0 aromatic heterocycles. The number of amides is 1. The maximum atomic E-state index is 12.2. The smallest absolute Gasteiger partial charge is 0.411 e. The van der Waals surface area contributed by atoms with Crippen LogP contribution in [-0.4, -0.2) is 47.1 Å². The molecule has 116 valence electrons. The van der Waals surface area contributed by atoms with E-state index in [-0.39, 0.29) is 12.6 Å². The van der Waals surface area contributed by atoms with E-state index in [0.29, 0.717) is 25.3 Å². The number of likely N-dealkylation sites (tertiary alicyclic amines) is 1. The zero-order valence-corrected chi connectivity index (χ0v) is 13.5. The second kappa shape index (κ2) is 6.66. The molecule has 1 unspecified atom stereocenters. The summed E-state index contributed by atoms with van der Waals surface area (Å²) in [4.78, 5) is 25.9. The number of nitrogens with zero attached hydrogens (tertiary/aromatic N) is 1. The summed E-state index contributed by atoms with van der Waals surface area (Å²) in [5.74, 6) is 0.0609. The molecule has 1 heterocycles. The molecule has 1 rings (SSSR count). The van der Waals surface area contributed by atoms with Crippen molar-refractivity contribution in [1.82, 2.24) is 4.90 Å². The highest BCUT2D eigenvalue weighted by Crippen LogP contribution is 2.31. The van der Waals surface area contributed by atoms with Crippen LogP contribution in [0.15, 0.2) is 0 Å². The molecule has 0 bridgehead atoms. The minimum Gasteiger partial charge on any atom is -0.464 e. The van der Waals surface area contributed by atoms with Crippen molar-refractivity contribution in [3.8, 4) is 0 Å². The van der Waals surface area contributed by atoms with Crippen LogP contribution in [-0.2, 0) is 14.3 Å². The van der Waals surface area contributed by atoms with E-state index in [1.807, 2.05) is 0 Å². The minimum absolute atomic E-state index is 0.278. The van der Waals surface area contributed by atoms with Crippen molar-refractivity contribution < 1.29 is 19.1 Å². The molecule has 1 atom stereocenters. The summed E-state index contributed by atoms with van der Waals surface area (Å²) in [6.07, 6.45) is 1.49. The number of hydrogen-bond donors (Lipinski definition) is 0. The van der Waals surface area contributed by atoms with E-state index in [9.17, 15) is 9.59 Å². The molecule has 1 fully saturated rings. The van der Waals surface area contributed by atoms with Crippen molar-refractivity contribution in [3.63, 3.8) is 0 Å². The van der Waals surface area contributed by atoms with Crippen LogP contribution >= 0.6 is 11.6 Å². The van der Waals surface area contributed by atoms with Crippen LogP contribution in [0.3, 0.4) is 0 Å². The Morgan fingerprint density at radius 3 is 2.55 bits per heavy atom. The van der Waals surface area contributed by atoms with E-state index in [2.05, 4.69) is 0 Å². The molecule has 0 spiro atoms. The first kappa shape index (κ1) is 17.1. The summed E-state index contributed by atoms with van der Waals surface area (Å²) in [5.41, 5.74) is -1.52. The predicted molar refractivity (Wildman–Crippen MR) is 76.9 cm³/mol. The van der Waals surface area contributed by atoms with Crippen molar-refractivity contribution in [1.29, 1.82) is 0 Å². The van der Waals surface area contributed by atoms with E-state index >= 15 is 0 Å². The summed E-state index contributed by atoms with van der Waals surface area (Å²) in [6.45, 7) is 7.92. The van der Waals surface area contributed by atoms with E-state index in [1.54, 1.807) is 27.7 Å². The summed E-state index contributed by atoms with van der Waals surface area (Å²) in [7, 11) is 0. The molecule has 0 N–H and O–H groups in total. The molecule has 20 heavy (non-hydrogen) atoms. The zero-order chi connectivity index (χ0) is 15.4. The van der Waals surface area contributed by atoms with Crippen LogP contribution in [0.25, 0.3) is 0 Å². The average molecular weight is 306 g/mol. The average Bonchev–Trinajstić information content (AvgIpc) is 2.70. The van der Waals surface area contributed by atoms with Gasteiger partial charge in [-0.1, -0.05) is 0 Å². The largest absolute Gasteiger partial charge is 0.464 e. The number of esters is 1. The number of carbonyl (C=O) groups excluding carboxylic acids is 2. The standard InChI is InChI=1S/C14H24ClNO4/c1-13(2,3)20-12(18)16-9-5-7-14(16,4)11(17)19-10-6-8-15/h5-10H2,1-4H3. The first-order valence-corrected chi connectivity index (χ1v) is 7.48. The van der Waals surface area contributed by atoms with Crippen LogP contribution in [0.4, 0.5) is 4.79 Å². The number of rotatable bonds is 4. The predicted octanol–water partition coefficient (Wildman–Crippen LogP) is 2.95. The lowest BCUT2D eigenvalue weighted by molar-refractivity contribution is -0.155. The first-order chi connectivity index (χ1) is 9.20. The van der Waals surface area contributed by atoms with Gasteiger partial charge in [-0.3, -0.25) is 4.90 Å². The van der Waals surface area contributed by atoms with Gasteiger partial charge in [0.05, 0.1) is 6.61 Å². The third-order valence-corrected chi connectivity index (χ3v) is 3.47. The first-order valence-electron chi connectivity index (χ1n) is 6.94. The second-order valence-electron chi connectivity index (χ2n) is 6.19. The van der Waals surface area contributed by atoms with Gasteiger partial charge in [0, 0.05) is 12.4 Å². The zero-order valence-electron chi connectivity index (χ0n) is 12.7. The Kier molecular flexibility index (Phi) is 5.68. The normalized spacial score (nSPS) is 22.8. The van der Waals surface area contributed by atoms with Gasteiger partial charge in [-0.05, 0) is 47.0 Å². The Balaban J connectivity index is 2.71. The summed E-state index contributed by atoms with van der Waals surface area (Å²) >= 11 is 5.56. The van der Waals surface area contributed by atoms with Gasteiger partial charge in [0.25, 0.3) is 0 Å². The molecule has 1 amide bonds. The number of hydrogen-bond acceptors (Lipinski definition) is 4. The monoisotopic (exact) mass is 305 g/mol. The highest BCUT2D eigenvalue weighted by Gasteiger charge is 2.48. The lowest BCUT2D eigenvalue weighted by Gasteiger charge is -2.34. The van der Waals surface area contributed by atoms with Crippen LogP contribution in [0.5, 0.6) is 0 Å². The van der Waals surface area contributed by atoms with Gasteiger partial charge >= 0.3 is 12.1 Å². The minimum atomic E-state index is -0.936. The van der Waals surface area contributed by atoms with Crippen molar-refractivity contribution >= 4 is 23.7 Å². The van der Waals surface area contributed by atoms with Gasteiger partial charge in [-0.25, -0.2) is 9.59 Å². The number of carbonyl (C=O) groups is 2. The molecular weight excluding hydrogens is 282 g/mol. The highest BCUT2D eigenvalue weighted by atomic mass is 35.5. The molecule has 0 aromatic carbocycles.